The van der Waals surface area contributed by atoms with Gasteiger partial charge in [-0.1, -0.05) is 0 Å². The molecule has 2 aliphatic heterocycles. The lowest BCUT2D eigenvalue weighted by molar-refractivity contribution is 0.0376. The van der Waals surface area contributed by atoms with Gasteiger partial charge in [-0.25, -0.2) is 4.98 Å². The second-order valence-electron chi connectivity index (χ2n) is 6.29. The Bertz CT molecular complexity index is 465. The van der Waals surface area contributed by atoms with Crippen molar-refractivity contribution in [3.05, 3.63) is 17.6 Å². The molecule has 3 heterocycles. The first-order chi connectivity index (χ1) is 10.2. The summed E-state index contributed by atoms with van der Waals surface area (Å²) in [5.41, 5.74) is 2.03. The number of hydrogen-bond acceptors (Lipinski definition) is 5. The van der Waals surface area contributed by atoms with E-state index in [0.29, 0.717) is 0 Å². The molecular formula is C16H26N4O. The number of anilines is 1. The second kappa shape index (κ2) is 6.71. The van der Waals surface area contributed by atoms with E-state index in [1.807, 2.05) is 20.0 Å². The maximum absolute atomic E-state index is 5.59. The van der Waals surface area contributed by atoms with Crippen LogP contribution in [0.3, 0.4) is 0 Å². The molecule has 0 spiro atoms. The zero-order valence-electron chi connectivity index (χ0n) is 13.2. The normalized spacial score (nSPS) is 24.3. The number of piperazine rings is 1. The van der Waals surface area contributed by atoms with Crippen LogP contribution in [0, 0.1) is 19.8 Å². The van der Waals surface area contributed by atoms with E-state index in [2.05, 4.69) is 19.8 Å². The van der Waals surface area contributed by atoms with Gasteiger partial charge in [-0.2, -0.15) is 0 Å². The number of ether oxygens (including phenoxy) is 1. The molecule has 0 bridgehead atoms. The highest BCUT2D eigenvalue weighted by Crippen LogP contribution is 2.19. The van der Waals surface area contributed by atoms with Crippen LogP contribution < -0.4 is 4.90 Å². The molecule has 0 N–H and O–H groups in total. The zero-order valence-corrected chi connectivity index (χ0v) is 13.2. The molecule has 0 amide bonds. The van der Waals surface area contributed by atoms with E-state index in [-0.39, 0.29) is 0 Å². The molecule has 21 heavy (non-hydrogen) atoms. The standard InChI is InChI=1S/C16H26N4O/c1-13-10-17-14(2)16(18-13)20-7-5-19(6-8-20)11-15-4-3-9-21-12-15/h10,15H,3-9,11-12H2,1-2H3/t15-/m1/s1. The van der Waals surface area contributed by atoms with Crippen molar-refractivity contribution in [2.75, 3.05) is 50.8 Å². The highest BCUT2D eigenvalue weighted by molar-refractivity contribution is 5.43. The number of aryl methyl sites for hydroxylation is 2. The molecule has 1 atom stereocenters. The molecule has 2 saturated heterocycles. The lowest BCUT2D eigenvalue weighted by Crippen LogP contribution is -2.49. The van der Waals surface area contributed by atoms with Gasteiger partial charge in [0.15, 0.2) is 0 Å². The Kier molecular flexibility index (Phi) is 4.70. The predicted molar refractivity (Wildman–Crippen MR) is 83.7 cm³/mol. The van der Waals surface area contributed by atoms with Crippen LogP contribution in [0.25, 0.3) is 0 Å². The van der Waals surface area contributed by atoms with Gasteiger partial charge in [-0.3, -0.25) is 9.88 Å². The van der Waals surface area contributed by atoms with E-state index in [1.54, 1.807) is 0 Å². The van der Waals surface area contributed by atoms with Gasteiger partial charge in [0, 0.05) is 45.5 Å². The van der Waals surface area contributed by atoms with E-state index in [0.717, 1.165) is 62.5 Å². The van der Waals surface area contributed by atoms with E-state index < -0.39 is 0 Å². The predicted octanol–water partition coefficient (Wildman–Crippen LogP) is 1.64. The largest absolute Gasteiger partial charge is 0.381 e. The third-order valence-electron chi connectivity index (χ3n) is 4.49. The van der Waals surface area contributed by atoms with Crippen LogP contribution in [-0.2, 0) is 4.74 Å². The van der Waals surface area contributed by atoms with Gasteiger partial charge in [0.05, 0.1) is 18.0 Å². The van der Waals surface area contributed by atoms with Crippen molar-refractivity contribution in [3.63, 3.8) is 0 Å². The van der Waals surface area contributed by atoms with Crippen molar-refractivity contribution < 1.29 is 4.74 Å². The van der Waals surface area contributed by atoms with Crippen LogP contribution in [-0.4, -0.2) is 60.8 Å². The maximum Gasteiger partial charge on any atom is 0.150 e. The van der Waals surface area contributed by atoms with Crippen molar-refractivity contribution in [3.8, 4) is 0 Å². The first kappa shape index (κ1) is 14.7. The second-order valence-corrected chi connectivity index (χ2v) is 6.29. The lowest BCUT2D eigenvalue weighted by atomic mass is 10.0. The first-order valence-electron chi connectivity index (χ1n) is 8.07. The quantitative estimate of drug-likeness (QED) is 0.846. The molecule has 116 valence electrons. The minimum absolute atomic E-state index is 0.728. The molecule has 3 rings (SSSR count). The fraction of sp³-hybridized carbons (Fsp3) is 0.750. The fourth-order valence-electron chi connectivity index (χ4n) is 3.28. The SMILES string of the molecule is Cc1cnc(C)c(N2CCN(C[C@H]3CCCOC3)CC2)n1. The molecule has 0 unspecified atom stereocenters. The lowest BCUT2D eigenvalue weighted by Gasteiger charge is -2.38. The van der Waals surface area contributed by atoms with E-state index >= 15 is 0 Å². The first-order valence-corrected chi connectivity index (χ1v) is 8.07. The molecule has 5 heteroatoms. The van der Waals surface area contributed by atoms with Crippen molar-refractivity contribution in [1.29, 1.82) is 0 Å². The average Bonchev–Trinajstić information content (AvgIpc) is 2.52. The van der Waals surface area contributed by atoms with Crippen LogP contribution in [0.2, 0.25) is 0 Å². The summed E-state index contributed by atoms with van der Waals surface area (Å²) < 4.78 is 5.59. The summed E-state index contributed by atoms with van der Waals surface area (Å²) in [7, 11) is 0. The van der Waals surface area contributed by atoms with E-state index in [9.17, 15) is 0 Å². The van der Waals surface area contributed by atoms with Gasteiger partial charge in [-0.15, -0.1) is 0 Å². The Labute approximate surface area is 127 Å². The molecule has 1 aromatic rings. The Balaban J connectivity index is 1.53. The van der Waals surface area contributed by atoms with Gasteiger partial charge >= 0.3 is 0 Å². The van der Waals surface area contributed by atoms with Crippen LogP contribution >= 0.6 is 0 Å². The molecule has 0 aromatic carbocycles. The van der Waals surface area contributed by atoms with Crippen LogP contribution in [0.15, 0.2) is 6.20 Å². The molecule has 0 radical (unpaired) electrons. The zero-order chi connectivity index (χ0) is 14.7. The van der Waals surface area contributed by atoms with Crippen molar-refractivity contribution in [1.82, 2.24) is 14.9 Å². The van der Waals surface area contributed by atoms with E-state index in [1.165, 1.54) is 19.4 Å². The molecule has 0 aliphatic carbocycles. The Morgan fingerprint density at radius 1 is 1.24 bits per heavy atom. The van der Waals surface area contributed by atoms with Crippen molar-refractivity contribution in [2.24, 2.45) is 5.92 Å². The van der Waals surface area contributed by atoms with Gasteiger partial charge < -0.3 is 9.64 Å². The van der Waals surface area contributed by atoms with Gasteiger partial charge in [0.25, 0.3) is 0 Å². The minimum Gasteiger partial charge on any atom is -0.381 e. The summed E-state index contributed by atoms with van der Waals surface area (Å²) in [6.07, 6.45) is 4.39. The maximum atomic E-state index is 5.59. The van der Waals surface area contributed by atoms with E-state index in [4.69, 9.17) is 4.74 Å². The van der Waals surface area contributed by atoms with Crippen LogP contribution in [0.1, 0.15) is 24.2 Å². The monoisotopic (exact) mass is 290 g/mol. The third-order valence-corrected chi connectivity index (χ3v) is 4.49. The molecule has 1 aromatic heterocycles. The van der Waals surface area contributed by atoms with Gasteiger partial charge in [0.1, 0.15) is 5.82 Å². The van der Waals surface area contributed by atoms with Crippen molar-refractivity contribution in [2.45, 2.75) is 26.7 Å². The van der Waals surface area contributed by atoms with Crippen LogP contribution in [0.5, 0.6) is 0 Å². The highest BCUT2D eigenvalue weighted by Gasteiger charge is 2.23. The molecule has 2 fully saturated rings. The highest BCUT2D eigenvalue weighted by atomic mass is 16.5. The number of hydrogen-bond donors (Lipinski definition) is 0. The molecular weight excluding hydrogens is 264 g/mol. The topological polar surface area (TPSA) is 41.5 Å². The number of aromatic nitrogens is 2. The average molecular weight is 290 g/mol. The molecule has 2 aliphatic rings. The Morgan fingerprint density at radius 3 is 2.76 bits per heavy atom. The summed E-state index contributed by atoms with van der Waals surface area (Å²) >= 11 is 0. The summed E-state index contributed by atoms with van der Waals surface area (Å²) in [5, 5.41) is 0. The van der Waals surface area contributed by atoms with Crippen LogP contribution in [0.4, 0.5) is 5.82 Å². The van der Waals surface area contributed by atoms with Crippen molar-refractivity contribution >= 4 is 5.82 Å². The Morgan fingerprint density at radius 2 is 2.05 bits per heavy atom. The summed E-state index contributed by atoms with van der Waals surface area (Å²) in [4.78, 5) is 14.1. The number of rotatable bonds is 3. The molecule has 5 nitrogen and oxygen atoms in total. The fourth-order valence-corrected chi connectivity index (χ4v) is 3.28. The minimum atomic E-state index is 0.728. The summed E-state index contributed by atoms with van der Waals surface area (Å²) in [6.45, 7) is 11.5. The molecule has 0 saturated carbocycles. The third kappa shape index (κ3) is 3.71. The van der Waals surface area contributed by atoms with Gasteiger partial charge in [-0.05, 0) is 32.6 Å². The Hall–Kier alpha value is -1.20. The van der Waals surface area contributed by atoms with Gasteiger partial charge in [0.2, 0.25) is 0 Å². The smallest absolute Gasteiger partial charge is 0.150 e. The number of nitrogens with zero attached hydrogens (tertiary/aromatic N) is 4. The summed E-state index contributed by atoms with van der Waals surface area (Å²) in [5.74, 6) is 1.79. The summed E-state index contributed by atoms with van der Waals surface area (Å²) in [6, 6.07) is 0.